The highest BCUT2D eigenvalue weighted by atomic mass is 16.2. The van der Waals surface area contributed by atoms with E-state index < -0.39 is 0 Å². The molecular formula is C29H29N5O2. The molecule has 0 aliphatic carbocycles. The second kappa shape index (κ2) is 9.43. The van der Waals surface area contributed by atoms with Crippen molar-refractivity contribution in [3.05, 3.63) is 105 Å². The third-order valence-electron chi connectivity index (χ3n) is 6.45. The standard InChI is InChI=1S/C29H29N5O2/c1-18-25(28(35)30-16-20-8-7-9-21(14-20)17-33(3)4)32-34-19(2)26(31-29(36)27(18)34)24-13-12-22-10-5-6-11-23(22)15-24/h5-15H,16-17H2,1-4H3,(H,30,35)(H,31,36). The molecule has 0 atom stereocenters. The Hall–Kier alpha value is -4.23. The minimum absolute atomic E-state index is 0.253. The Bertz CT molecular complexity index is 1660. The lowest BCUT2D eigenvalue weighted by Gasteiger charge is -2.11. The Morgan fingerprint density at radius 3 is 2.50 bits per heavy atom. The number of amides is 1. The lowest BCUT2D eigenvalue weighted by atomic mass is 10.0. The molecule has 2 N–H and O–H groups in total. The fourth-order valence-corrected chi connectivity index (χ4v) is 4.69. The maximum atomic E-state index is 13.1. The molecule has 2 heterocycles. The summed E-state index contributed by atoms with van der Waals surface area (Å²) in [6.45, 7) is 4.87. The molecular weight excluding hydrogens is 450 g/mol. The fraction of sp³-hybridized carbons (Fsp3) is 0.207. The number of nitrogens with one attached hydrogen (secondary N) is 2. The van der Waals surface area contributed by atoms with Crippen LogP contribution in [0.5, 0.6) is 0 Å². The van der Waals surface area contributed by atoms with Crippen molar-refractivity contribution in [1.82, 2.24) is 24.8 Å². The van der Waals surface area contributed by atoms with Gasteiger partial charge in [0.2, 0.25) is 0 Å². The van der Waals surface area contributed by atoms with E-state index >= 15 is 0 Å². The number of aromatic nitrogens is 3. The molecule has 0 spiro atoms. The minimum Gasteiger partial charge on any atom is -0.347 e. The monoisotopic (exact) mass is 479 g/mol. The number of hydrogen-bond donors (Lipinski definition) is 2. The smallest absolute Gasteiger partial charge is 0.274 e. The number of carbonyl (C=O) groups is 1. The topological polar surface area (TPSA) is 82.5 Å². The van der Waals surface area contributed by atoms with E-state index in [1.54, 1.807) is 11.4 Å². The van der Waals surface area contributed by atoms with Gasteiger partial charge >= 0.3 is 0 Å². The first-order valence-corrected chi connectivity index (χ1v) is 11.9. The maximum absolute atomic E-state index is 13.1. The van der Waals surface area contributed by atoms with Crippen LogP contribution in [0.4, 0.5) is 0 Å². The second-order valence-electron chi connectivity index (χ2n) is 9.45. The number of fused-ring (bicyclic) bond motifs is 2. The van der Waals surface area contributed by atoms with Gasteiger partial charge in [-0.15, -0.1) is 0 Å². The summed E-state index contributed by atoms with van der Waals surface area (Å²) < 4.78 is 1.59. The third kappa shape index (κ3) is 4.41. The highest BCUT2D eigenvalue weighted by molar-refractivity contribution is 5.95. The molecule has 0 aliphatic heterocycles. The van der Waals surface area contributed by atoms with E-state index in [0.717, 1.165) is 34.1 Å². The van der Waals surface area contributed by atoms with Crippen molar-refractivity contribution >= 4 is 22.2 Å². The first-order chi connectivity index (χ1) is 17.3. The molecule has 5 aromatic rings. The molecule has 0 fully saturated rings. The van der Waals surface area contributed by atoms with E-state index in [0.29, 0.717) is 23.3 Å². The predicted octanol–water partition coefficient (Wildman–Crippen LogP) is 4.45. The molecule has 182 valence electrons. The molecule has 0 unspecified atom stereocenters. The first-order valence-electron chi connectivity index (χ1n) is 11.9. The lowest BCUT2D eigenvalue weighted by Crippen LogP contribution is -2.24. The summed E-state index contributed by atoms with van der Waals surface area (Å²) in [6.07, 6.45) is 0. The van der Waals surface area contributed by atoms with E-state index in [1.807, 2.05) is 69.6 Å². The number of H-pyrrole nitrogens is 1. The summed E-state index contributed by atoms with van der Waals surface area (Å²) in [5.41, 5.74) is 5.45. The average Bonchev–Trinajstić information content (AvgIpc) is 3.22. The van der Waals surface area contributed by atoms with Crippen molar-refractivity contribution in [3.8, 4) is 11.3 Å². The van der Waals surface area contributed by atoms with Gasteiger partial charge in [-0.3, -0.25) is 9.59 Å². The quantitative estimate of drug-likeness (QED) is 0.377. The molecule has 7 heteroatoms. The molecule has 36 heavy (non-hydrogen) atoms. The van der Waals surface area contributed by atoms with Crippen molar-refractivity contribution in [1.29, 1.82) is 0 Å². The normalized spacial score (nSPS) is 11.5. The molecule has 1 amide bonds. The van der Waals surface area contributed by atoms with Crippen LogP contribution in [-0.2, 0) is 13.1 Å². The van der Waals surface area contributed by atoms with Gasteiger partial charge in [0.05, 0.1) is 11.4 Å². The van der Waals surface area contributed by atoms with Gasteiger partial charge in [0, 0.05) is 24.2 Å². The molecule has 0 saturated heterocycles. The van der Waals surface area contributed by atoms with E-state index in [-0.39, 0.29) is 17.2 Å². The largest absolute Gasteiger partial charge is 0.347 e. The van der Waals surface area contributed by atoms with Gasteiger partial charge in [0.25, 0.3) is 11.5 Å². The fourth-order valence-electron chi connectivity index (χ4n) is 4.69. The van der Waals surface area contributed by atoms with E-state index in [9.17, 15) is 9.59 Å². The number of hydrogen-bond acceptors (Lipinski definition) is 4. The Morgan fingerprint density at radius 2 is 1.72 bits per heavy atom. The van der Waals surface area contributed by atoms with Crippen molar-refractivity contribution in [2.45, 2.75) is 26.9 Å². The molecule has 5 rings (SSSR count). The molecule has 0 aliphatic rings. The summed E-state index contributed by atoms with van der Waals surface area (Å²) in [4.78, 5) is 31.3. The lowest BCUT2D eigenvalue weighted by molar-refractivity contribution is 0.0945. The molecule has 7 nitrogen and oxygen atoms in total. The van der Waals surface area contributed by atoms with Crippen LogP contribution in [0, 0.1) is 13.8 Å². The van der Waals surface area contributed by atoms with E-state index in [1.165, 1.54) is 5.56 Å². The Balaban J connectivity index is 1.46. The highest BCUT2D eigenvalue weighted by Gasteiger charge is 2.21. The molecule has 0 bridgehead atoms. The van der Waals surface area contributed by atoms with Crippen LogP contribution in [0.25, 0.3) is 27.5 Å². The maximum Gasteiger partial charge on any atom is 0.274 e. The number of rotatable bonds is 6. The van der Waals surface area contributed by atoms with Crippen LogP contribution in [0.3, 0.4) is 0 Å². The summed E-state index contributed by atoms with van der Waals surface area (Å²) >= 11 is 0. The van der Waals surface area contributed by atoms with Crippen LogP contribution in [0.15, 0.2) is 71.5 Å². The van der Waals surface area contributed by atoms with Crippen molar-refractivity contribution in [2.75, 3.05) is 14.1 Å². The molecule has 2 aromatic heterocycles. The van der Waals surface area contributed by atoms with Crippen LogP contribution in [0.2, 0.25) is 0 Å². The Labute approximate surface area is 209 Å². The first kappa shape index (κ1) is 23.5. The third-order valence-corrected chi connectivity index (χ3v) is 6.45. The SMILES string of the molecule is Cc1c(C(=O)NCc2cccc(CN(C)C)c2)nn2c(C)c(-c3ccc4ccccc4c3)[nH]c(=O)c12. The summed E-state index contributed by atoms with van der Waals surface area (Å²) in [5, 5.41) is 9.74. The number of aryl methyl sites for hydroxylation is 2. The average molecular weight is 480 g/mol. The number of benzene rings is 3. The Morgan fingerprint density at radius 1 is 0.972 bits per heavy atom. The second-order valence-corrected chi connectivity index (χ2v) is 9.45. The van der Waals surface area contributed by atoms with Crippen molar-refractivity contribution in [3.63, 3.8) is 0 Å². The van der Waals surface area contributed by atoms with Crippen molar-refractivity contribution in [2.24, 2.45) is 0 Å². The van der Waals surface area contributed by atoms with Crippen LogP contribution < -0.4 is 10.9 Å². The number of nitrogens with zero attached hydrogens (tertiary/aromatic N) is 3. The molecule has 0 radical (unpaired) electrons. The summed E-state index contributed by atoms with van der Waals surface area (Å²) in [5.74, 6) is -0.305. The van der Waals surface area contributed by atoms with Gasteiger partial charge in [0.15, 0.2) is 5.69 Å². The van der Waals surface area contributed by atoms with E-state index in [4.69, 9.17) is 0 Å². The van der Waals surface area contributed by atoms with Gasteiger partial charge in [-0.2, -0.15) is 5.10 Å². The zero-order chi connectivity index (χ0) is 25.4. The molecule has 3 aromatic carbocycles. The highest BCUT2D eigenvalue weighted by Crippen LogP contribution is 2.26. The Kier molecular flexibility index (Phi) is 6.16. The van der Waals surface area contributed by atoms with Gasteiger partial charge in [-0.25, -0.2) is 4.52 Å². The van der Waals surface area contributed by atoms with Crippen molar-refractivity contribution < 1.29 is 4.79 Å². The van der Waals surface area contributed by atoms with Gasteiger partial charge in [-0.1, -0.05) is 60.7 Å². The van der Waals surface area contributed by atoms with Gasteiger partial charge in [-0.05, 0) is 55.9 Å². The van der Waals surface area contributed by atoms with Gasteiger partial charge < -0.3 is 15.2 Å². The summed E-state index contributed by atoms with van der Waals surface area (Å²) in [6, 6.07) is 22.3. The zero-order valence-electron chi connectivity index (χ0n) is 20.9. The number of aromatic amines is 1. The van der Waals surface area contributed by atoms with E-state index in [2.05, 4.69) is 38.5 Å². The van der Waals surface area contributed by atoms with Gasteiger partial charge in [0.1, 0.15) is 5.52 Å². The molecule has 0 saturated carbocycles. The number of carbonyl (C=O) groups excluding carboxylic acids is 1. The van der Waals surface area contributed by atoms with Crippen LogP contribution >= 0.6 is 0 Å². The summed E-state index contributed by atoms with van der Waals surface area (Å²) in [7, 11) is 4.05. The minimum atomic E-state index is -0.305. The van der Waals surface area contributed by atoms with Crippen LogP contribution in [0.1, 0.15) is 32.9 Å². The predicted molar refractivity (Wildman–Crippen MR) is 143 cm³/mol. The van der Waals surface area contributed by atoms with Crippen LogP contribution in [-0.4, -0.2) is 39.5 Å². The zero-order valence-corrected chi connectivity index (χ0v) is 20.9.